The summed E-state index contributed by atoms with van der Waals surface area (Å²) < 4.78 is 5.61. The van der Waals surface area contributed by atoms with Crippen LogP contribution in [0.3, 0.4) is 0 Å². The average molecular weight is 281 g/mol. The highest BCUT2D eigenvalue weighted by molar-refractivity contribution is 7.99. The number of hydrogen-bond donors (Lipinski definition) is 1. The van der Waals surface area contributed by atoms with Crippen LogP contribution in [-0.2, 0) is 11.2 Å². The van der Waals surface area contributed by atoms with Gasteiger partial charge in [-0.25, -0.2) is 9.97 Å². The van der Waals surface area contributed by atoms with Crippen LogP contribution in [-0.4, -0.2) is 34.5 Å². The lowest BCUT2D eigenvalue weighted by atomic mass is 10.3. The first-order valence-electron chi connectivity index (χ1n) is 7.13. The molecule has 2 unspecified atom stereocenters. The summed E-state index contributed by atoms with van der Waals surface area (Å²) in [5.41, 5.74) is 0. The predicted molar refractivity (Wildman–Crippen MR) is 79.9 cm³/mol. The zero-order valence-corrected chi connectivity index (χ0v) is 12.8. The zero-order chi connectivity index (χ0) is 13.7. The van der Waals surface area contributed by atoms with Crippen LogP contribution in [0.1, 0.15) is 39.4 Å². The molecule has 0 aromatic carbocycles. The third-order valence-corrected chi connectivity index (χ3v) is 4.53. The highest BCUT2D eigenvalue weighted by Gasteiger charge is 2.25. The number of aryl methyl sites for hydroxylation is 1. The molecule has 1 aliphatic rings. The van der Waals surface area contributed by atoms with Crippen LogP contribution in [0.5, 0.6) is 0 Å². The molecule has 0 amide bonds. The molecule has 1 aromatic heterocycles. The van der Waals surface area contributed by atoms with Crippen molar-refractivity contribution in [2.24, 2.45) is 0 Å². The van der Waals surface area contributed by atoms with Crippen molar-refractivity contribution in [2.75, 3.05) is 18.5 Å². The van der Waals surface area contributed by atoms with Gasteiger partial charge in [-0.05, 0) is 26.7 Å². The van der Waals surface area contributed by atoms with Crippen molar-refractivity contribution in [3.8, 4) is 0 Å². The summed E-state index contributed by atoms with van der Waals surface area (Å²) in [7, 11) is 0. The first-order chi connectivity index (χ1) is 9.22. The SMILES string of the molecule is CCCc1nc(NCC)cc(SC2CCOC2C)n1. The van der Waals surface area contributed by atoms with E-state index in [0.29, 0.717) is 11.4 Å². The second-order valence-corrected chi connectivity index (χ2v) is 6.07. The van der Waals surface area contributed by atoms with E-state index in [9.17, 15) is 0 Å². The van der Waals surface area contributed by atoms with Crippen LogP contribution in [0.15, 0.2) is 11.1 Å². The van der Waals surface area contributed by atoms with Gasteiger partial charge in [-0.3, -0.25) is 0 Å². The van der Waals surface area contributed by atoms with E-state index in [1.54, 1.807) is 0 Å². The second-order valence-electron chi connectivity index (χ2n) is 4.81. The van der Waals surface area contributed by atoms with E-state index in [4.69, 9.17) is 4.74 Å². The molecule has 0 aliphatic carbocycles. The summed E-state index contributed by atoms with van der Waals surface area (Å²) in [6.07, 6.45) is 3.43. The fraction of sp³-hybridized carbons (Fsp3) is 0.714. The Morgan fingerprint density at radius 1 is 1.42 bits per heavy atom. The van der Waals surface area contributed by atoms with Crippen molar-refractivity contribution in [1.82, 2.24) is 9.97 Å². The lowest BCUT2D eigenvalue weighted by molar-refractivity contribution is 0.127. The van der Waals surface area contributed by atoms with E-state index in [1.807, 2.05) is 11.8 Å². The molecule has 2 heterocycles. The lowest BCUT2D eigenvalue weighted by Gasteiger charge is -2.14. The van der Waals surface area contributed by atoms with Crippen molar-refractivity contribution in [3.05, 3.63) is 11.9 Å². The maximum atomic E-state index is 5.61. The Labute approximate surface area is 119 Å². The Hall–Kier alpha value is -0.810. The van der Waals surface area contributed by atoms with E-state index in [1.165, 1.54) is 0 Å². The Bertz CT molecular complexity index is 389. The molecule has 0 spiro atoms. The van der Waals surface area contributed by atoms with Gasteiger partial charge in [-0.2, -0.15) is 0 Å². The topological polar surface area (TPSA) is 47.0 Å². The summed E-state index contributed by atoms with van der Waals surface area (Å²) in [5, 5.41) is 4.87. The van der Waals surface area contributed by atoms with E-state index in [0.717, 1.165) is 49.1 Å². The molecular weight excluding hydrogens is 258 g/mol. The van der Waals surface area contributed by atoms with Gasteiger partial charge < -0.3 is 10.1 Å². The fourth-order valence-corrected chi connectivity index (χ4v) is 3.29. The summed E-state index contributed by atoms with van der Waals surface area (Å²) in [5.74, 6) is 1.88. The third-order valence-electron chi connectivity index (χ3n) is 3.16. The largest absolute Gasteiger partial charge is 0.377 e. The number of ether oxygens (including phenoxy) is 1. The summed E-state index contributed by atoms with van der Waals surface area (Å²) in [6.45, 7) is 8.13. The highest BCUT2D eigenvalue weighted by atomic mass is 32.2. The van der Waals surface area contributed by atoms with Gasteiger partial charge >= 0.3 is 0 Å². The maximum absolute atomic E-state index is 5.61. The van der Waals surface area contributed by atoms with Gasteiger partial charge in [-0.15, -0.1) is 11.8 Å². The number of aromatic nitrogens is 2. The Kier molecular flexibility index (Phi) is 5.45. The van der Waals surface area contributed by atoms with E-state index >= 15 is 0 Å². The van der Waals surface area contributed by atoms with Crippen LogP contribution in [0, 0.1) is 0 Å². The average Bonchev–Trinajstić information content (AvgIpc) is 2.76. The van der Waals surface area contributed by atoms with Crippen molar-refractivity contribution in [1.29, 1.82) is 0 Å². The minimum absolute atomic E-state index is 0.317. The molecule has 1 saturated heterocycles. The van der Waals surface area contributed by atoms with Crippen molar-refractivity contribution in [3.63, 3.8) is 0 Å². The number of hydrogen-bond acceptors (Lipinski definition) is 5. The molecule has 5 heteroatoms. The number of rotatable bonds is 6. The normalized spacial score (nSPS) is 22.7. The van der Waals surface area contributed by atoms with Crippen LogP contribution >= 0.6 is 11.8 Å². The minimum atomic E-state index is 0.317. The van der Waals surface area contributed by atoms with Gasteiger partial charge in [0.2, 0.25) is 0 Å². The first kappa shape index (κ1) is 14.6. The Morgan fingerprint density at radius 3 is 2.89 bits per heavy atom. The van der Waals surface area contributed by atoms with Gasteiger partial charge in [0.1, 0.15) is 16.7 Å². The molecule has 0 saturated carbocycles. The molecule has 0 radical (unpaired) electrons. The van der Waals surface area contributed by atoms with Gasteiger partial charge in [0, 0.05) is 30.9 Å². The molecule has 1 fully saturated rings. The van der Waals surface area contributed by atoms with Gasteiger partial charge in [0.25, 0.3) is 0 Å². The summed E-state index contributed by atoms with van der Waals surface area (Å²) in [4.78, 5) is 9.20. The van der Waals surface area contributed by atoms with Crippen molar-refractivity contribution >= 4 is 17.6 Å². The second kappa shape index (κ2) is 7.10. The number of thioether (sulfide) groups is 1. The lowest BCUT2D eigenvalue weighted by Crippen LogP contribution is -2.14. The number of anilines is 1. The quantitative estimate of drug-likeness (QED) is 0.812. The fourth-order valence-electron chi connectivity index (χ4n) is 2.16. The highest BCUT2D eigenvalue weighted by Crippen LogP contribution is 2.32. The van der Waals surface area contributed by atoms with Gasteiger partial charge in [0.05, 0.1) is 6.10 Å². The first-order valence-corrected chi connectivity index (χ1v) is 8.01. The van der Waals surface area contributed by atoms with E-state index in [2.05, 4.69) is 42.1 Å². The Morgan fingerprint density at radius 2 is 2.26 bits per heavy atom. The molecule has 4 nitrogen and oxygen atoms in total. The molecule has 2 rings (SSSR count). The van der Waals surface area contributed by atoms with Crippen molar-refractivity contribution in [2.45, 2.75) is 56.4 Å². The predicted octanol–water partition coefficient (Wildman–Crippen LogP) is 3.13. The zero-order valence-electron chi connectivity index (χ0n) is 12.0. The molecule has 1 aromatic rings. The number of nitrogens with one attached hydrogen (secondary N) is 1. The van der Waals surface area contributed by atoms with Crippen LogP contribution in [0.4, 0.5) is 5.82 Å². The standard InChI is InChI=1S/C14H23N3OS/c1-4-6-12-16-13(15-5-2)9-14(17-12)19-11-7-8-18-10(11)3/h9-11H,4-8H2,1-3H3,(H,15,16,17). The number of nitrogens with zero attached hydrogens (tertiary/aromatic N) is 2. The van der Waals surface area contributed by atoms with Crippen molar-refractivity contribution < 1.29 is 4.74 Å². The van der Waals surface area contributed by atoms with Crippen LogP contribution in [0.25, 0.3) is 0 Å². The molecular formula is C14H23N3OS. The third kappa shape index (κ3) is 4.08. The van der Waals surface area contributed by atoms with Crippen LogP contribution < -0.4 is 5.32 Å². The minimum Gasteiger partial charge on any atom is -0.377 e. The van der Waals surface area contributed by atoms with E-state index in [-0.39, 0.29) is 0 Å². The maximum Gasteiger partial charge on any atom is 0.132 e. The molecule has 106 valence electrons. The monoisotopic (exact) mass is 281 g/mol. The molecule has 1 N–H and O–H groups in total. The summed E-state index contributed by atoms with van der Waals surface area (Å²) >= 11 is 1.82. The molecule has 19 heavy (non-hydrogen) atoms. The van der Waals surface area contributed by atoms with E-state index < -0.39 is 0 Å². The van der Waals surface area contributed by atoms with Gasteiger partial charge in [0.15, 0.2) is 0 Å². The van der Waals surface area contributed by atoms with Crippen LogP contribution in [0.2, 0.25) is 0 Å². The molecule has 2 atom stereocenters. The molecule has 0 bridgehead atoms. The van der Waals surface area contributed by atoms with Gasteiger partial charge in [-0.1, -0.05) is 6.92 Å². The summed E-state index contributed by atoms with van der Waals surface area (Å²) in [6, 6.07) is 2.05. The molecule has 1 aliphatic heterocycles. The smallest absolute Gasteiger partial charge is 0.132 e. The Balaban J connectivity index is 2.13.